The molecule has 0 amide bonds. The molecule has 0 aliphatic carbocycles. The molecule has 3 heterocycles. The number of nitriles is 1. The van der Waals surface area contributed by atoms with Crippen molar-refractivity contribution in [2.24, 2.45) is 0 Å². The lowest BCUT2D eigenvalue weighted by molar-refractivity contribution is -0.0599. The van der Waals surface area contributed by atoms with Crippen LogP contribution < -0.4 is 4.74 Å². The maximum Gasteiger partial charge on any atom is 0.130 e. The zero-order valence-corrected chi connectivity index (χ0v) is 18.4. The molecule has 4 aromatic rings. The Morgan fingerprint density at radius 1 is 1.15 bits per heavy atom. The van der Waals surface area contributed by atoms with E-state index < -0.39 is 0 Å². The van der Waals surface area contributed by atoms with Crippen molar-refractivity contribution in [1.29, 1.82) is 5.26 Å². The lowest BCUT2D eigenvalue weighted by Gasteiger charge is -2.29. The molecule has 1 aliphatic rings. The van der Waals surface area contributed by atoms with E-state index in [4.69, 9.17) is 18.6 Å². The van der Waals surface area contributed by atoms with Crippen LogP contribution in [-0.2, 0) is 16.1 Å². The molecular formula is C27H24N2O4. The fourth-order valence-corrected chi connectivity index (χ4v) is 4.30. The van der Waals surface area contributed by atoms with E-state index in [2.05, 4.69) is 11.1 Å². The Kier molecular flexibility index (Phi) is 6.07. The molecule has 5 rings (SSSR count). The maximum absolute atomic E-state index is 9.47. The molecule has 6 nitrogen and oxygen atoms in total. The Hall–Kier alpha value is -3.66. The second-order valence-electron chi connectivity index (χ2n) is 8.14. The Labute approximate surface area is 192 Å². The van der Waals surface area contributed by atoms with Gasteiger partial charge in [0.15, 0.2) is 0 Å². The van der Waals surface area contributed by atoms with E-state index in [9.17, 15) is 5.26 Å². The number of methoxy groups -OCH3 is 1. The van der Waals surface area contributed by atoms with Crippen LogP contribution in [0.15, 0.2) is 71.7 Å². The molecule has 2 aromatic carbocycles. The number of fused-ring (bicyclic) bond motifs is 1. The summed E-state index contributed by atoms with van der Waals surface area (Å²) in [5.41, 5.74) is 4.41. The molecule has 0 bridgehead atoms. The van der Waals surface area contributed by atoms with Gasteiger partial charge in [-0.15, -0.1) is 0 Å². The minimum atomic E-state index is 0.0110. The first kappa shape index (κ1) is 21.2. The molecule has 2 aromatic heterocycles. The summed E-state index contributed by atoms with van der Waals surface area (Å²) < 4.78 is 22.8. The fourth-order valence-electron chi connectivity index (χ4n) is 4.30. The first-order valence-electron chi connectivity index (χ1n) is 11.0. The minimum Gasteiger partial charge on any atom is -0.487 e. The molecule has 33 heavy (non-hydrogen) atoms. The lowest BCUT2D eigenvalue weighted by atomic mass is 9.97. The molecule has 0 radical (unpaired) electrons. The molecule has 0 spiro atoms. The van der Waals surface area contributed by atoms with Gasteiger partial charge in [-0.3, -0.25) is 4.98 Å². The van der Waals surface area contributed by atoms with Crippen molar-refractivity contribution in [3.63, 3.8) is 0 Å². The number of ether oxygens (including phenoxy) is 3. The van der Waals surface area contributed by atoms with Gasteiger partial charge in [-0.1, -0.05) is 6.07 Å². The number of nitrogens with zero attached hydrogens (tertiary/aromatic N) is 2. The van der Waals surface area contributed by atoms with E-state index >= 15 is 0 Å². The van der Waals surface area contributed by atoms with Gasteiger partial charge in [0.1, 0.15) is 12.4 Å². The first-order valence-corrected chi connectivity index (χ1v) is 11.0. The summed E-state index contributed by atoms with van der Waals surface area (Å²) in [6.45, 7) is 1.03. The summed E-state index contributed by atoms with van der Waals surface area (Å²) in [6, 6.07) is 17.8. The molecule has 6 heteroatoms. The molecule has 0 saturated carbocycles. The van der Waals surface area contributed by atoms with Crippen LogP contribution in [0.3, 0.4) is 0 Å². The van der Waals surface area contributed by atoms with Crippen molar-refractivity contribution in [3.05, 3.63) is 84.1 Å². The second kappa shape index (κ2) is 9.45. The highest BCUT2D eigenvalue weighted by molar-refractivity contribution is 5.98. The van der Waals surface area contributed by atoms with Crippen molar-refractivity contribution in [3.8, 4) is 22.9 Å². The maximum atomic E-state index is 9.47. The molecule has 1 fully saturated rings. The molecule has 166 valence electrons. The third-order valence-electron chi connectivity index (χ3n) is 6.05. The van der Waals surface area contributed by atoms with Crippen LogP contribution in [0.2, 0.25) is 0 Å². The van der Waals surface area contributed by atoms with Gasteiger partial charge >= 0.3 is 0 Å². The predicted molar refractivity (Wildman–Crippen MR) is 124 cm³/mol. The monoisotopic (exact) mass is 440 g/mol. The van der Waals surface area contributed by atoms with Crippen LogP contribution in [-0.4, -0.2) is 24.8 Å². The molecule has 2 unspecified atom stereocenters. The second-order valence-corrected chi connectivity index (χ2v) is 8.14. The summed E-state index contributed by atoms with van der Waals surface area (Å²) in [7, 11) is 1.75. The van der Waals surface area contributed by atoms with E-state index in [1.165, 1.54) is 0 Å². The Morgan fingerprint density at radius 3 is 2.91 bits per heavy atom. The topological polar surface area (TPSA) is 77.5 Å². The summed E-state index contributed by atoms with van der Waals surface area (Å²) in [4.78, 5) is 4.46. The summed E-state index contributed by atoms with van der Waals surface area (Å²) in [5, 5.41) is 11.4. The number of pyridine rings is 1. The highest BCUT2D eigenvalue weighted by atomic mass is 16.5. The fraction of sp³-hybridized carbons (Fsp3) is 0.259. The van der Waals surface area contributed by atoms with Gasteiger partial charge < -0.3 is 18.6 Å². The zero-order valence-electron chi connectivity index (χ0n) is 18.4. The number of aromatic nitrogens is 1. The predicted octanol–water partition coefficient (Wildman–Crippen LogP) is 5.81. The van der Waals surface area contributed by atoms with Gasteiger partial charge in [0.05, 0.1) is 42.1 Å². The van der Waals surface area contributed by atoms with Crippen molar-refractivity contribution < 1.29 is 18.6 Å². The molecule has 0 N–H and O–H groups in total. The zero-order chi connectivity index (χ0) is 22.6. The quantitative estimate of drug-likeness (QED) is 0.376. The summed E-state index contributed by atoms with van der Waals surface area (Å²) >= 11 is 0. The Bertz CT molecular complexity index is 1290. The summed E-state index contributed by atoms with van der Waals surface area (Å²) in [6.07, 6.45) is 7.11. The van der Waals surface area contributed by atoms with E-state index in [-0.39, 0.29) is 12.2 Å². The van der Waals surface area contributed by atoms with E-state index in [0.29, 0.717) is 18.8 Å². The highest BCUT2D eigenvalue weighted by Crippen LogP contribution is 2.33. The standard InChI is InChI=1S/C27H24N2O4/c1-30-23-6-9-32-27(14-23)19-4-7-29-22(12-19)17-33-24-2-3-25-21(13-24)10-18(15-28)11-26(25)20-5-8-31-16-20/h2-5,7-8,10-13,16,23,27H,6,9,14,17H2,1H3. The van der Waals surface area contributed by atoms with Crippen molar-refractivity contribution in [2.45, 2.75) is 31.7 Å². The van der Waals surface area contributed by atoms with Crippen molar-refractivity contribution in [1.82, 2.24) is 4.98 Å². The number of benzene rings is 2. The van der Waals surface area contributed by atoms with Crippen LogP contribution in [0, 0.1) is 11.3 Å². The number of hydrogen-bond acceptors (Lipinski definition) is 6. The Balaban J connectivity index is 1.36. The van der Waals surface area contributed by atoms with Crippen LogP contribution >= 0.6 is 0 Å². The Morgan fingerprint density at radius 2 is 2.09 bits per heavy atom. The van der Waals surface area contributed by atoms with Crippen LogP contribution in [0.25, 0.3) is 21.9 Å². The lowest BCUT2D eigenvalue weighted by Crippen LogP contribution is -2.25. The van der Waals surface area contributed by atoms with Gasteiger partial charge in [0.25, 0.3) is 0 Å². The van der Waals surface area contributed by atoms with Crippen LogP contribution in [0.1, 0.15) is 35.8 Å². The van der Waals surface area contributed by atoms with Crippen LogP contribution in [0.5, 0.6) is 5.75 Å². The molecular weight excluding hydrogens is 416 g/mol. The van der Waals surface area contributed by atoms with Gasteiger partial charge in [0, 0.05) is 31.9 Å². The SMILES string of the molecule is COC1CCOC(c2ccnc(COc3ccc4c(-c5ccoc5)cc(C#N)cc4c3)c2)C1. The first-order chi connectivity index (χ1) is 16.2. The van der Waals surface area contributed by atoms with E-state index in [1.807, 2.05) is 48.5 Å². The number of hydrogen-bond donors (Lipinski definition) is 0. The van der Waals surface area contributed by atoms with Gasteiger partial charge in [-0.25, -0.2) is 0 Å². The largest absolute Gasteiger partial charge is 0.487 e. The van der Waals surface area contributed by atoms with E-state index in [1.54, 1.807) is 25.8 Å². The van der Waals surface area contributed by atoms with Gasteiger partial charge in [-0.05, 0) is 70.8 Å². The average molecular weight is 440 g/mol. The smallest absolute Gasteiger partial charge is 0.130 e. The summed E-state index contributed by atoms with van der Waals surface area (Å²) in [5.74, 6) is 0.719. The highest BCUT2D eigenvalue weighted by Gasteiger charge is 2.24. The molecule has 2 atom stereocenters. The van der Waals surface area contributed by atoms with E-state index in [0.717, 1.165) is 51.7 Å². The molecule has 1 saturated heterocycles. The van der Waals surface area contributed by atoms with Crippen molar-refractivity contribution in [2.75, 3.05) is 13.7 Å². The average Bonchev–Trinajstić information content (AvgIpc) is 3.42. The number of rotatable bonds is 6. The molecule has 1 aliphatic heterocycles. The third-order valence-corrected chi connectivity index (χ3v) is 6.05. The van der Waals surface area contributed by atoms with Crippen molar-refractivity contribution >= 4 is 10.8 Å². The third kappa shape index (κ3) is 4.61. The normalized spacial score (nSPS) is 18.2. The van der Waals surface area contributed by atoms with Gasteiger partial charge in [0.2, 0.25) is 0 Å². The van der Waals surface area contributed by atoms with Gasteiger partial charge in [-0.2, -0.15) is 5.26 Å². The van der Waals surface area contributed by atoms with Crippen LogP contribution in [0.4, 0.5) is 0 Å². The number of furan rings is 1. The minimum absolute atomic E-state index is 0.0110.